The number of hydrogen-bond acceptors (Lipinski definition) is 2. The summed E-state index contributed by atoms with van der Waals surface area (Å²) in [5, 5.41) is 16.8. The van der Waals surface area contributed by atoms with Gasteiger partial charge in [0.1, 0.15) is 0 Å². The first-order valence-corrected chi connectivity index (χ1v) is 2.91. The van der Waals surface area contributed by atoms with E-state index in [1.807, 2.05) is 6.07 Å². The average molecular weight is 135 g/mol. The van der Waals surface area contributed by atoms with Crippen LogP contribution in [0.2, 0.25) is 0 Å². The normalized spacial score (nSPS) is 10.4. The fraction of sp³-hybridized carbons (Fsp3) is 0. The van der Waals surface area contributed by atoms with Gasteiger partial charge in [0.25, 0.3) is 0 Å². The lowest BCUT2D eigenvalue weighted by Crippen LogP contribution is -2.27. The van der Waals surface area contributed by atoms with Crippen LogP contribution in [0.3, 0.4) is 0 Å². The molecule has 1 heterocycles. The van der Waals surface area contributed by atoms with E-state index in [2.05, 4.69) is 10.3 Å². The van der Waals surface area contributed by atoms with Gasteiger partial charge in [0, 0.05) is 0 Å². The molecule has 0 aliphatic carbocycles. The van der Waals surface area contributed by atoms with Gasteiger partial charge in [-0.25, -0.2) is 0 Å². The molecule has 0 amide bonds. The third-order valence-corrected chi connectivity index (χ3v) is 1.37. The number of nitrogens with zero attached hydrogens (tertiary/aromatic N) is 2. The van der Waals surface area contributed by atoms with E-state index < -0.39 is 0 Å². The number of H-pyrrole nitrogens is 1. The van der Waals surface area contributed by atoms with E-state index in [9.17, 15) is 5.21 Å². The van der Waals surface area contributed by atoms with Gasteiger partial charge in [-0.15, -0.1) is 9.94 Å². The minimum absolute atomic E-state index is 0.565. The molecular weight excluding hydrogens is 130 g/mol. The molecule has 0 saturated heterocycles. The third-order valence-electron chi connectivity index (χ3n) is 1.37. The summed E-state index contributed by atoms with van der Waals surface area (Å²) in [6, 6.07) is 7.16. The first-order valence-electron chi connectivity index (χ1n) is 2.91. The Morgan fingerprint density at radius 1 is 1.40 bits per heavy atom. The maximum absolute atomic E-state index is 10.8. The molecule has 4 heteroatoms. The van der Waals surface area contributed by atoms with E-state index in [0.29, 0.717) is 10.4 Å². The lowest BCUT2D eigenvalue weighted by atomic mass is 10.3. The molecule has 1 aromatic carbocycles. The summed E-state index contributed by atoms with van der Waals surface area (Å²) >= 11 is 0. The van der Waals surface area contributed by atoms with Crippen molar-refractivity contribution in [2.45, 2.75) is 0 Å². The number of rotatable bonds is 0. The molecular formula is C6H5N3O. The fourth-order valence-corrected chi connectivity index (χ4v) is 0.888. The SMILES string of the molecule is [O-][n+]1n[nH]c2ccccc21. The van der Waals surface area contributed by atoms with Crippen molar-refractivity contribution in [1.82, 2.24) is 10.3 Å². The first kappa shape index (κ1) is 5.22. The Kier molecular flexibility index (Phi) is 0.887. The van der Waals surface area contributed by atoms with Crippen molar-refractivity contribution in [2.24, 2.45) is 0 Å². The summed E-state index contributed by atoms with van der Waals surface area (Å²) in [5.41, 5.74) is 1.33. The summed E-state index contributed by atoms with van der Waals surface area (Å²) < 4.78 is 0. The molecule has 1 N–H and O–H groups in total. The van der Waals surface area contributed by atoms with Gasteiger partial charge >= 0.3 is 0 Å². The van der Waals surface area contributed by atoms with Crippen LogP contribution >= 0.6 is 0 Å². The number of benzene rings is 1. The summed E-state index contributed by atoms with van der Waals surface area (Å²) in [7, 11) is 0. The third kappa shape index (κ3) is 0.556. The smallest absolute Gasteiger partial charge is 0.202 e. The highest BCUT2D eigenvalue weighted by Gasteiger charge is 2.01. The van der Waals surface area contributed by atoms with Crippen molar-refractivity contribution < 1.29 is 4.85 Å². The summed E-state index contributed by atoms with van der Waals surface area (Å²) in [5.74, 6) is 0. The molecule has 1 aromatic heterocycles. The minimum atomic E-state index is 0.565. The van der Waals surface area contributed by atoms with Gasteiger partial charge in [0.2, 0.25) is 5.52 Å². The van der Waals surface area contributed by atoms with Gasteiger partial charge in [-0.1, -0.05) is 12.1 Å². The number of aromatic nitrogens is 3. The Morgan fingerprint density at radius 2 is 2.20 bits per heavy atom. The largest absolute Gasteiger partial charge is 0.691 e. The molecule has 0 radical (unpaired) electrons. The Balaban J connectivity index is 2.93. The fourth-order valence-electron chi connectivity index (χ4n) is 0.888. The molecule has 2 aromatic rings. The van der Waals surface area contributed by atoms with Crippen LogP contribution in [-0.4, -0.2) is 10.3 Å². The van der Waals surface area contributed by atoms with Crippen molar-refractivity contribution in [1.29, 1.82) is 0 Å². The molecule has 10 heavy (non-hydrogen) atoms. The second-order valence-electron chi connectivity index (χ2n) is 2.00. The maximum atomic E-state index is 10.8. The van der Waals surface area contributed by atoms with Crippen LogP contribution in [0.4, 0.5) is 0 Å². The molecule has 0 fully saturated rings. The van der Waals surface area contributed by atoms with Crippen LogP contribution in [0.1, 0.15) is 0 Å². The Morgan fingerprint density at radius 3 is 3.00 bits per heavy atom. The van der Waals surface area contributed by atoms with Crippen molar-refractivity contribution in [3.8, 4) is 0 Å². The predicted octanol–water partition coefficient (Wildman–Crippen LogP) is 0.196. The summed E-state index contributed by atoms with van der Waals surface area (Å²) in [4.78, 5) is 0.565. The Bertz CT molecular complexity index is 355. The van der Waals surface area contributed by atoms with E-state index in [0.717, 1.165) is 5.52 Å². The molecule has 0 unspecified atom stereocenters. The first-order chi connectivity index (χ1) is 4.88. The molecule has 0 bridgehead atoms. The van der Waals surface area contributed by atoms with Crippen LogP contribution in [0, 0.1) is 5.21 Å². The van der Waals surface area contributed by atoms with Crippen molar-refractivity contribution in [2.75, 3.05) is 0 Å². The molecule has 0 aliphatic heterocycles. The second-order valence-corrected chi connectivity index (χ2v) is 2.00. The highest BCUT2D eigenvalue weighted by molar-refractivity contribution is 5.69. The quantitative estimate of drug-likeness (QED) is 0.414. The highest BCUT2D eigenvalue weighted by Crippen LogP contribution is 2.02. The predicted molar refractivity (Wildman–Crippen MR) is 35.1 cm³/mol. The van der Waals surface area contributed by atoms with Gasteiger partial charge in [-0.05, 0) is 12.1 Å². The van der Waals surface area contributed by atoms with Crippen LogP contribution in [0.15, 0.2) is 24.3 Å². The second kappa shape index (κ2) is 1.70. The van der Waals surface area contributed by atoms with E-state index >= 15 is 0 Å². The average Bonchev–Trinajstić information content (AvgIpc) is 2.34. The standard InChI is InChI=1S/C6H5N3O/c10-9-6-4-2-1-3-5(6)7-8-9/h1-4,7H. The molecule has 0 saturated carbocycles. The lowest BCUT2D eigenvalue weighted by Gasteiger charge is -1.89. The number of hydrogen-bond donors (Lipinski definition) is 1. The van der Waals surface area contributed by atoms with Gasteiger partial charge in [-0.2, -0.15) is 0 Å². The van der Waals surface area contributed by atoms with E-state index in [-0.39, 0.29) is 0 Å². The van der Waals surface area contributed by atoms with Gasteiger partial charge in [0.05, 0.1) is 5.21 Å². The maximum Gasteiger partial charge on any atom is 0.202 e. The van der Waals surface area contributed by atoms with Crippen LogP contribution in [-0.2, 0) is 0 Å². The molecule has 2 rings (SSSR count). The zero-order chi connectivity index (χ0) is 6.97. The van der Waals surface area contributed by atoms with Crippen molar-refractivity contribution >= 4 is 11.0 Å². The summed E-state index contributed by atoms with van der Waals surface area (Å²) in [6.45, 7) is 0. The van der Waals surface area contributed by atoms with E-state index in [1.54, 1.807) is 18.2 Å². The lowest BCUT2D eigenvalue weighted by molar-refractivity contribution is -0.644. The molecule has 4 nitrogen and oxygen atoms in total. The van der Waals surface area contributed by atoms with E-state index in [4.69, 9.17) is 0 Å². The summed E-state index contributed by atoms with van der Waals surface area (Å²) in [6.07, 6.45) is 0. The molecule has 0 aliphatic rings. The van der Waals surface area contributed by atoms with Crippen LogP contribution < -0.4 is 4.85 Å². The van der Waals surface area contributed by atoms with Gasteiger partial charge < -0.3 is 5.21 Å². The minimum Gasteiger partial charge on any atom is -0.691 e. The van der Waals surface area contributed by atoms with Crippen LogP contribution in [0.5, 0.6) is 0 Å². The molecule has 50 valence electrons. The zero-order valence-electron chi connectivity index (χ0n) is 5.11. The highest BCUT2D eigenvalue weighted by atomic mass is 16.5. The molecule has 0 atom stereocenters. The Hall–Kier alpha value is -1.58. The van der Waals surface area contributed by atoms with Crippen LogP contribution in [0.25, 0.3) is 11.0 Å². The number of para-hydroxylation sites is 2. The van der Waals surface area contributed by atoms with Gasteiger partial charge in [0.15, 0.2) is 5.52 Å². The van der Waals surface area contributed by atoms with Crippen molar-refractivity contribution in [3.63, 3.8) is 0 Å². The number of nitrogens with one attached hydrogen (secondary N) is 1. The topological polar surface area (TPSA) is 55.6 Å². The zero-order valence-corrected chi connectivity index (χ0v) is 5.11. The number of fused-ring (bicyclic) bond motifs is 1. The van der Waals surface area contributed by atoms with Gasteiger partial charge in [-0.3, -0.25) is 0 Å². The Labute approximate surface area is 56.7 Å². The van der Waals surface area contributed by atoms with Crippen molar-refractivity contribution in [3.05, 3.63) is 29.5 Å². The number of aromatic amines is 1. The molecule has 0 spiro atoms. The van der Waals surface area contributed by atoms with E-state index in [1.165, 1.54) is 0 Å². The monoisotopic (exact) mass is 135 g/mol.